The summed E-state index contributed by atoms with van der Waals surface area (Å²) < 4.78 is 13.2. The second-order valence-electron chi connectivity index (χ2n) is 7.83. The Hall–Kier alpha value is -3.09. The van der Waals surface area contributed by atoms with Crippen molar-refractivity contribution in [3.63, 3.8) is 0 Å². The van der Waals surface area contributed by atoms with E-state index < -0.39 is 0 Å². The molecule has 1 amide bonds. The molecule has 0 aliphatic carbocycles. The molecule has 0 bridgehead atoms. The highest BCUT2D eigenvalue weighted by molar-refractivity contribution is 6.06. The Morgan fingerprint density at radius 3 is 2.59 bits per heavy atom. The number of amides is 1. The second-order valence-corrected chi connectivity index (χ2v) is 7.83. The van der Waals surface area contributed by atoms with E-state index in [0.717, 1.165) is 54.0 Å². The fourth-order valence-electron chi connectivity index (χ4n) is 4.01. The number of carbonyl (C=O) groups excluding carboxylic acids is 1. The minimum Gasteiger partial charge on any atom is -0.486 e. The molecule has 4 heterocycles. The number of ether oxygens (including phenoxy) is 2. The van der Waals surface area contributed by atoms with E-state index in [-0.39, 0.29) is 11.9 Å². The van der Waals surface area contributed by atoms with Crippen molar-refractivity contribution in [2.45, 2.75) is 32.7 Å². The Kier molecular flexibility index (Phi) is 4.38. The molecular weight excluding hydrogens is 368 g/mol. The molecule has 29 heavy (non-hydrogen) atoms. The van der Waals surface area contributed by atoms with Crippen molar-refractivity contribution >= 4 is 16.9 Å². The first-order valence-electron chi connectivity index (χ1n) is 10.2. The van der Waals surface area contributed by atoms with Crippen molar-refractivity contribution in [2.24, 2.45) is 0 Å². The first-order valence-corrected chi connectivity index (χ1v) is 10.2. The summed E-state index contributed by atoms with van der Waals surface area (Å²) in [5, 5.41) is 5.31. The minimum atomic E-state index is 0.0528. The zero-order valence-electron chi connectivity index (χ0n) is 16.7. The van der Waals surface area contributed by atoms with Gasteiger partial charge >= 0.3 is 0 Å². The Morgan fingerprint density at radius 2 is 1.83 bits per heavy atom. The molecule has 5 rings (SSSR count). The van der Waals surface area contributed by atoms with Crippen molar-refractivity contribution in [1.29, 1.82) is 0 Å². The van der Waals surface area contributed by atoms with Crippen LogP contribution in [0, 0.1) is 0 Å². The van der Waals surface area contributed by atoms with Gasteiger partial charge in [0, 0.05) is 24.7 Å². The number of aromatic nitrogens is 3. The number of fused-ring (bicyclic) bond motifs is 2. The molecule has 2 aliphatic heterocycles. The van der Waals surface area contributed by atoms with Gasteiger partial charge in [-0.1, -0.05) is 0 Å². The Morgan fingerprint density at radius 1 is 1.07 bits per heavy atom. The molecule has 1 fully saturated rings. The highest BCUT2D eigenvalue weighted by atomic mass is 16.6. The van der Waals surface area contributed by atoms with Crippen LogP contribution in [-0.4, -0.2) is 51.9 Å². The van der Waals surface area contributed by atoms with Gasteiger partial charge in [0.15, 0.2) is 17.1 Å². The van der Waals surface area contributed by atoms with Crippen LogP contribution in [0.15, 0.2) is 30.5 Å². The molecule has 150 valence electrons. The number of hydrogen-bond donors (Lipinski definition) is 0. The Bertz CT molecular complexity index is 1080. The Balaban J connectivity index is 1.67. The fourth-order valence-corrected chi connectivity index (χ4v) is 4.01. The first-order chi connectivity index (χ1) is 14.1. The molecule has 1 saturated heterocycles. The maximum Gasteiger partial charge on any atom is 0.254 e. The molecule has 3 aromatic rings. The second kappa shape index (κ2) is 7.06. The number of hydrogen-bond acceptors (Lipinski definition) is 5. The molecule has 2 aliphatic rings. The minimum absolute atomic E-state index is 0.0528. The standard InChI is InChI=1S/C22H24N4O3/c1-14(2)26-21-17(13-23-26)16(22(27)25-7-3-4-8-25)12-18(24-21)15-5-6-19-20(11-15)29-10-9-28-19/h5-6,11-14H,3-4,7-10H2,1-2H3. The van der Waals surface area contributed by atoms with Gasteiger partial charge in [0.25, 0.3) is 5.91 Å². The molecule has 0 spiro atoms. The average Bonchev–Trinajstić information content (AvgIpc) is 3.42. The largest absolute Gasteiger partial charge is 0.486 e. The smallest absolute Gasteiger partial charge is 0.254 e. The lowest BCUT2D eigenvalue weighted by Gasteiger charge is -2.19. The third-order valence-electron chi connectivity index (χ3n) is 5.52. The molecule has 0 atom stereocenters. The summed E-state index contributed by atoms with van der Waals surface area (Å²) in [7, 11) is 0. The van der Waals surface area contributed by atoms with Crippen LogP contribution in [-0.2, 0) is 0 Å². The third kappa shape index (κ3) is 3.10. The number of rotatable bonds is 3. The van der Waals surface area contributed by atoms with Gasteiger partial charge in [-0.25, -0.2) is 9.67 Å². The Labute approximate surface area is 169 Å². The van der Waals surface area contributed by atoms with Crippen LogP contribution in [0.3, 0.4) is 0 Å². The summed E-state index contributed by atoms with van der Waals surface area (Å²) in [5.41, 5.74) is 3.02. The van der Waals surface area contributed by atoms with Crippen LogP contribution in [0.5, 0.6) is 11.5 Å². The number of nitrogens with zero attached hydrogens (tertiary/aromatic N) is 4. The average molecular weight is 392 g/mol. The van der Waals surface area contributed by atoms with E-state index in [0.29, 0.717) is 24.5 Å². The molecule has 0 unspecified atom stereocenters. The van der Waals surface area contributed by atoms with Crippen molar-refractivity contribution in [3.05, 3.63) is 36.0 Å². The lowest BCUT2D eigenvalue weighted by atomic mass is 10.1. The van der Waals surface area contributed by atoms with Gasteiger partial charge < -0.3 is 14.4 Å². The summed E-state index contributed by atoms with van der Waals surface area (Å²) in [5.74, 6) is 1.50. The van der Waals surface area contributed by atoms with Gasteiger partial charge in [-0.15, -0.1) is 0 Å². The monoisotopic (exact) mass is 392 g/mol. The van der Waals surface area contributed by atoms with Crippen molar-refractivity contribution in [2.75, 3.05) is 26.3 Å². The summed E-state index contributed by atoms with van der Waals surface area (Å²) in [6.45, 7) is 6.82. The number of likely N-dealkylation sites (tertiary alicyclic amines) is 1. The first kappa shape index (κ1) is 18.0. The predicted molar refractivity (Wildman–Crippen MR) is 109 cm³/mol. The van der Waals surface area contributed by atoms with Crippen molar-refractivity contribution in [1.82, 2.24) is 19.7 Å². The van der Waals surface area contributed by atoms with Crippen molar-refractivity contribution in [3.8, 4) is 22.8 Å². The van der Waals surface area contributed by atoms with E-state index in [1.54, 1.807) is 6.20 Å². The molecule has 7 heteroatoms. The van der Waals surface area contributed by atoms with Gasteiger partial charge in [-0.3, -0.25) is 4.79 Å². The highest BCUT2D eigenvalue weighted by Gasteiger charge is 2.25. The highest BCUT2D eigenvalue weighted by Crippen LogP contribution is 2.35. The fraction of sp³-hybridized carbons (Fsp3) is 0.409. The maximum atomic E-state index is 13.3. The van der Waals surface area contributed by atoms with Crippen LogP contribution < -0.4 is 9.47 Å². The quantitative estimate of drug-likeness (QED) is 0.680. The summed E-state index contributed by atoms with van der Waals surface area (Å²) in [6.07, 6.45) is 3.87. The molecule has 0 N–H and O–H groups in total. The normalized spacial score (nSPS) is 16.0. The van der Waals surface area contributed by atoms with E-state index in [1.165, 1.54) is 0 Å². The van der Waals surface area contributed by atoms with Crippen LogP contribution in [0.4, 0.5) is 0 Å². The maximum absolute atomic E-state index is 13.3. The molecule has 0 saturated carbocycles. The summed E-state index contributed by atoms with van der Waals surface area (Å²) >= 11 is 0. The topological polar surface area (TPSA) is 69.5 Å². The number of pyridine rings is 1. The molecular formula is C22H24N4O3. The summed E-state index contributed by atoms with van der Waals surface area (Å²) in [6, 6.07) is 7.83. The van der Waals surface area contributed by atoms with E-state index in [9.17, 15) is 4.79 Å². The van der Waals surface area contributed by atoms with Gasteiger partial charge in [0.05, 0.1) is 22.8 Å². The van der Waals surface area contributed by atoms with E-state index in [4.69, 9.17) is 14.5 Å². The van der Waals surface area contributed by atoms with Gasteiger partial charge in [-0.2, -0.15) is 5.10 Å². The van der Waals surface area contributed by atoms with E-state index in [1.807, 2.05) is 33.8 Å². The van der Waals surface area contributed by atoms with Crippen LogP contribution in [0.25, 0.3) is 22.3 Å². The molecule has 0 radical (unpaired) electrons. The van der Waals surface area contributed by atoms with Gasteiger partial charge in [-0.05, 0) is 51.0 Å². The molecule has 1 aromatic carbocycles. The lowest BCUT2D eigenvalue weighted by Crippen LogP contribution is -2.27. The van der Waals surface area contributed by atoms with Crippen LogP contribution in [0.2, 0.25) is 0 Å². The summed E-state index contributed by atoms with van der Waals surface area (Å²) in [4.78, 5) is 20.1. The van der Waals surface area contributed by atoms with Crippen molar-refractivity contribution < 1.29 is 14.3 Å². The lowest BCUT2D eigenvalue weighted by molar-refractivity contribution is 0.0794. The third-order valence-corrected chi connectivity index (χ3v) is 5.52. The number of benzene rings is 1. The van der Waals surface area contributed by atoms with Gasteiger partial charge in [0.1, 0.15) is 13.2 Å². The van der Waals surface area contributed by atoms with Crippen LogP contribution >= 0.6 is 0 Å². The van der Waals surface area contributed by atoms with Gasteiger partial charge in [0.2, 0.25) is 0 Å². The molecule has 7 nitrogen and oxygen atoms in total. The zero-order chi connectivity index (χ0) is 20.0. The number of carbonyl (C=O) groups is 1. The van der Waals surface area contributed by atoms with Crippen LogP contribution in [0.1, 0.15) is 43.1 Å². The predicted octanol–water partition coefficient (Wildman–Crippen LogP) is 3.69. The van der Waals surface area contributed by atoms with E-state index in [2.05, 4.69) is 18.9 Å². The zero-order valence-corrected chi connectivity index (χ0v) is 16.7. The van der Waals surface area contributed by atoms with E-state index >= 15 is 0 Å². The SMILES string of the molecule is CC(C)n1ncc2c(C(=O)N3CCCC3)cc(-c3ccc4c(c3)OCCO4)nc21. The molecule has 2 aromatic heterocycles.